The van der Waals surface area contributed by atoms with Crippen molar-refractivity contribution >= 4 is 35.0 Å². The van der Waals surface area contributed by atoms with E-state index in [1.807, 2.05) is 0 Å². The molecule has 6 nitrogen and oxygen atoms in total. The molecule has 0 saturated heterocycles. The Labute approximate surface area is 119 Å². The van der Waals surface area contributed by atoms with E-state index in [2.05, 4.69) is 15.6 Å². The molecule has 0 unspecified atom stereocenters. The summed E-state index contributed by atoms with van der Waals surface area (Å²) >= 11 is 5.92. The van der Waals surface area contributed by atoms with Gasteiger partial charge in [-0.25, -0.2) is 9.94 Å². The summed E-state index contributed by atoms with van der Waals surface area (Å²) < 4.78 is 1.52. The lowest BCUT2D eigenvalue weighted by atomic mass is 9.83. The standard InChI is InChI=1S/C13H11ClN4O2/c1-13(2)11(15-16-12(13)20)10-8(6-19)17-18-5-7(14)3-4-9(10)18/h3-6H,1-2H3,(H,16,20). The molecule has 0 radical (unpaired) electrons. The van der Waals surface area contributed by atoms with Crippen LogP contribution in [0.1, 0.15) is 29.9 Å². The van der Waals surface area contributed by atoms with Crippen molar-refractivity contribution in [3.63, 3.8) is 0 Å². The molecule has 20 heavy (non-hydrogen) atoms. The third kappa shape index (κ3) is 1.65. The molecule has 3 heterocycles. The number of fused-ring (bicyclic) bond motifs is 1. The Kier molecular flexibility index (Phi) is 2.65. The minimum Gasteiger partial charge on any atom is -0.296 e. The Bertz CT molecular complexity index is 776. The van der Waals surface area contributed by atoms with Gasteiger partial charge in [-0.2, -0.15) is 10.2 Å². The van der Waals surface area contributed by atoms with E-state index >= 15 is 0 Å². The molecule has 0 spiro atoms. The van der Waals surface area contributed by atoms with Gasteiger partial charge in [0, 0.05) is 6.20 Å². The van der Waals surface area contributed by atoms with E-state index < -0.39 is 5.41 Å². The van der Waals surface area contributed by atoms with Crippen LogP contribution in [0.3, 0.4) is 0 Å². The fourth-order valence-electron chi connectivity index (χ4n) is 2.23. The van der Waals surface area contributed by atoms with Crippen molar-refractivity contribution in [1.29, 1.82) is 0 Å². The molecule has 0 bridgehead atoms. The van der Waals surface area contributed by atoms with E-state index in [0.717, 1.165) is 0 Å². The number of halogens is 1. The van der Waals surface area contributed by atoms with Crippen LogP contribution in [-0.4, -0.2) is 27.5 Å². The Balaban J connectivity index is 2.31. The summed E-state index contributed by atoms with van der Waals surface area (Å²) in [7, 11) is 0. The predicted molar refractivity (Wildman–Crippen MR) is 74.1 cm³/mol. The minimum absolute atomic E-state index is 0.210. The van der Waals surface area contributed by atoms with Crippen molar-refractivity contribution in [3.8, 4) is 0 Å². The van der Waals surface area contributed by atoms with Crippen LogP contribution in [-0.2, 0) is 4.79 Å². The zero-order chi connectivity index (χ0) is 14.5. The topological polar surface area (TPSA) is 75.8 Å². The van der Waals surface area contributed by atoms with E-state index in [1.165, 1.54) is 4.52 Å². The molecule has 0 fully saturated rings. The summed E-state index contributed by atoms with van der Waals surface area (Å²) in [5.41, 5.74) is 3.60. The molecule has 0 saturated carbocycles. The number of hydrogen-bond acceptors (Lipinski definition) is 4. The van der Waals surface area contributed by atoms with E-state index in [9.17, 15) is 9.59 Å². The fourth-order valence-corrected chi connectivity index (χ4v) is 2.38. The summed E-state index contributed by atoms with van der Waals surface area (Å²) in [6.45, 7) is 3.50. The molecule has 1 aliphatic heterocycles. The van der Waals surface area contributed by atoms with Gasteiger partial charge in [0.05, 0.1) is 27.2 Å². The van der Waals surface area contributed by atoms with Crippen molar-refractivity contribution in [1.82, 2.24) is 15.0 Å². The number of aromatic nitrogens is 2. The molecule has 0 aromatic carbocycles. The van der Waals surface area contributed by atoms with Crippen molar-refractivity contribution < 1.29 is 9.59 Å². The molecule has 3 rings (SSSR count). The Morgan fingerprint density at radius 2 is 2.15 bits per heavy atom. The number of carbonyl (C=O) groups is 2. The lowest BCUT2D eigenvalue weighted by Gasteiger charge is -2.16. The quantitative estimate of drug-likeness (QED) is 0.855. The van der Waals surface area contributed by atoms with Gasteiger partial charge < -0.3 is 0 Å². The van der Waals surface area contributed by atoms with Crippen molar-refractivity contribution in [2.45, 2.75) is 13.8 Å². The van der Waals surface area contributed by atoms with Crippen molar-refractivity contribution in [2.75, 3.05) is 0 Å². The van der Waals surface area contributed by atoms with Crippen molar-refractivity contribution in [3.05, 3.63) is 34.6 Å². The average Bonchev–Trinajstić information content (AvgIpc) is 2.87. The summed E-state index contributed by atoms with van der Waals surface area (Å²) in [5.74, 6) is -0.210. The van der Waals surface area contributed by atoms with Crippen LogP contribution >= 0.6 is 11.6 Å². The van der Waals surface area contributed by atoms with Gasteiger partial charge in [0.15, 0.2) is 6.29 Å². The molecular formula is C13H11ClN4O2. The number of carbonyl (C=O) groups excluding carboxylic acids is 2. The molecule has 0 aliphatic carbocycles. The zero-order valence-electron chi connectivity index (χ0n) is 10.8. The Morgan fingerprint density at radius 3 is 2.75 bits per heavy atom. The molecular weight excluding hydrogens is 280 g/mol. The summed E-state index contributed by atoms with van der Waals surface area (Å²) in [4.78, 5) is 23.1. The second-order valence-corrected chi connectivity index (χ2v) is 5.52. The van der Waals surface area contributed by atoms with E-state index in [-0.39, 0.29) is 11.6 Å². The number of nitrogens with zero attached hydrogens (tertiary/aromatic N) is 3. The molecule has 0 atom stereocenters. The van der Waals surface area contributed by atoms with Gasteiger partial charge in [-0.1, -0.05) is 11.6 Å². The first-order valence-electron chi connectivity index (χ1n) is 5.97. The summed E-state index contributed by atoms with van der Waals surface area (Å²) in [5, 5.41) is 8.74. The first kappa shape index (κ1) is 12.8. The van der Waals surface area contributed by atoms with Gasteiger partial charge in [0.25, 0.3) is 5.91 Å². The lowest BCUT2D eigenvalue weighted by Crippen LogP contribution is -2.32. The average molecular weight is 291 g/mol. The van der Waals surface area contributed by atoms with Gasteiger partial charge in [0.2, 0.25) is 0 Å². The number of aldehydes is 1. The maximum absolute atomic E-state index is 11.8. The summed E-state index contributed by atoms with van der Waals surface area (Å²) in [6, 6.07) is 3.45. The number of hydrogen-bond donors (Lipinski definition) is 1. The van der Waals surface area contributed by atoms with E-state index in [4.69, 9.17) is 11.6 Å². The first-order chi connectivity index (χ1) is 9.45. The highest BCUT2D eigenvalue weighted by Gasteiger charge is 2.41. The number of hydrazone groups is 1. The second-order valence-electron chi connectivity index (χ2n) is 5.08. The normalized spacial score (nSPS) is 17.1. The number of rotatable bonds is 2. The van der Waals surface area contributed by atoms with Gasteiger partial charge in [0.1, 0.15) is 5.69 Å². The third-order valence-corrected chi connectivity index (χ3v) is 3.62. The predicted octanol–water partition coefficient (Wildman–Crippen LogP) is 1.66. The highest BCUT2D eigenvalue weighted by molar-refractivity contribution is 6.30. The summed E-state index contributed by atoms with van der Waals surface area (Å²) in [6.07, 6.45) is 2.25. The monoisotopic (exact) mass is 290 g/mol. The number of amides is 1. The van der Waals surface area contributed by atoms with Gasteiger partial charge >= 0.3 is 0 Å². The lowest BCUT2D eigenvalue weighted by molar-refractivity contribution is -0.125. The maximum Gasteiger partial charge on any atom is 0.251 e. The zero-order valence-corrected chi connectivity index (χ0v) is 11.6. The molecule has 1 N–H and O–H groups in total. The molecule has 102 valence electrons. The Morgan fingerprint density at radius 1 is 1.40 bits per heavy atom. The molecule has 2 aromatic rings. The van der Waals surface area contributed by atoms with E-state index in [1.54, 1.807) is 32.2 Å². The highest BCUT2D eigenvalue weighted by atomic mass is 35.5. The second kappa shape index (κ2) is 4.14. The number of nitrogens with one attached hydrogen (secondary N) is 1. The molecule has 2 aromatic heterocycles. The highest BCUT2D eigenvalue weighted by Crippen LogP contribution is 2.31. The van der Waals surface area contributed by atoms with Crippen LogP contribution in [0, 0.1) is 5.41 Å². The van der Waals surface area contributed by atoms with Crippen LogP contribution in [0.5, 0.6) is 0 Å². The van der Waals surface area contributed by atoms with Crippen LogP contribution in [0.2, 0.25) is 5.02 Å². The van der Waals surface area contributed by atoms with Gasteiger partial charge in [-0.3, -0.25) is 9.59 Å². The third-order valence-electron chi connectivity index (χ3n) is 3.40. The van der Waals surface area contributed by atoms with Crippen LogP contribution in [0.4, 0.5) is 0 Å². The first-order valence-corrected chi connectivity index (χ1v) is 6.35. The van der Waals surface area contributed by atoms with Gasteiger partial charge in [-0.05, 0) is 26.0 Å². The molecule has 1 aliphatic rings. The molecule has 1 amide bonds. The largest absolute Gasteiger partial charge is 0.296 e. The molecule has 7 heteroatoms. The SMILES string of the molecule is CC1(C)C(=O)NN=C1c1c(C=O)nn2cc(Cl)ccc12. The fraction of sp³-hybridized carbons (Fsp3) is 0.231. The van der Waals surface area contributed by atoms with Crippen LogP contribution in [0.25, 0.3) is 5.52 Å². The Hall–Kier alpha value is -2.21. The van der Waals surface area contributed by atoms with Crippen molar-refractivity contribution in [2.24, 2.45) is 10.5 Å². The number of pyridine rings is 1. The van der Waals surface area contributed by atoms with E-state index in [0.29, 0.717) is 28.1 Å². The van der Waals surface area contributed by atoms with Gasteiger partial charge in [-0.15, -0.1) is 0 Å². The smallest absolute Gasteiger partial charge is 0.251 e. The maximum atomic E-state index is 11.8. The van der Waals surface area contributed by atoms with Crippen LogP contribution < -0.4 is 5.43 Å². The minimum atomic E-state index is -0.819. The van der Waals surface area contributed by atoms with Crippen LogP contribution in [0.15, 0.2) is 23.4 Å².